The molecule has 4 N–H and O–H groups in total. The first-order valence-corrected chi connectivity index (χ1v) is 5.32. The van der Waals surface area contributed by atoms with E-state index >= 15 is 0 Å². The predicted octanol–water partition coefficient (Wildman–Crippen LogP) is 0.237. The molecule has 1 saturated carbocycles. The highest BCUT2D eigenvalue weighted by atomic mass is 16.4. The molecule has 0 aromatic rings. The Kier molecular flexibility index (Phi) is 3.68. The first kappa shape index (κ1) is 12.0. The highest BCUT2D eigenvalue weighted by Crippen LogP contribution is 2.27. The van der Waals surface area contributed by atoms with Gasteiger partial charge in [-0.1, -0.05) is 19.8 Å². The van der Waals surface area contributed by atoms with Crippen LogP contribution in [0.15, 0.2) is 0 Å². The van der Waals surface area contributed by atoms with Crippen LogP contribution in [0, 0.1) is 0 Å². The van der Waals surface area contributed by atoms with E-state index in [9.17, 15) is 9.59 Å². The van der Waals surface area contributed by atoms with Gasteiger partial charge in [0.2, 0.25) is 5.91 Å². The maximum absolute atomic E-state index is 11.7. The smallest absolute Gasteiger partial charge is 0.326 e. The minimum atomic E-state index is -1.01. The highest BCUT2D eigenvalue weighted by molar-refractivity contribution is 5.90. The van der Waals surface area contributed by atoms with Crippen molar-refractivity contribution in [3.05, 3.63) is 0 Å². The maximum atomic E-state index is 11.7. The third-order valence-electron chi connectivity index (χ3n) is 2.96. The van der Waals surface area contributed by atoms with Crippen molar-refractivity contribution >= 4 is 11.9 Å². The molecule has 86 valence electrons. The molecule has 0 aromatic heterocycles. The van der Waals surface area contributed by atoms with Gasteiger partial charge >= 0.3 is 5.97 Å². The number of carboxylic acid groups (broad SMARTS) is 1. The molecular formula is C10H18N2O3. The van der Waals surface area contributed by atoms with Crippen molar-refractivity contribution in [1.29, 1.82) is 0 Å². The number of carboxylic acids is 1. The molecule has 5 nitrogen and oxygen atoms in total. The van der Waals surface area contributed by atoms with E-state index in [1.54, 1.807) is 6.92 Å². The number of carbonyl (C=O) groups excluding carboxylic acids is 1. The summed E-state index contributed by atoms with van der Waals surface area (Å²) in [6, 6.07) is -0.821. The Morgan fingerprint density at radius 3 is 2.40 bits per heavy atom. The SMILES string of the molecule is CC[C@@H](NC(=O)C1(N)CCCC1)C(=O)O. The number of hydrogen-bond donors (Lipinski definition) is 3. The van der Waals surface area contributed by atoms with E-state index in [0.717, 1.165) is 12.8 Å². The van der Waals surface area contributed by atoms with Crippen molar-refractivity contribution in [3.8, 4) is 0 Å². The quantitative estimate of drug-likeness (QED) is 0.625. The molecule has 0 bridgehead atoms. The van der Waals surface area contributed by atoms with Crippen LogP contribution in [0.5, 0.6) is 0 Å². The molecule has 5 heteroatoms. The van der Waals surface area contributed by atoms with Crippen molar-refractivity contribution in [2.75, 3.05) is 0 Å². The molecule has 0 aromatic carbocycles. The van der Waals surface area contributed by atoms with E-state index in [0.29, 0.717) is 19.3 Å². The van der Waals surface area contributed by atoms with Crippen LogP contribution in [-0.4, -0.2) is 28.6 Å². The van der Waals surface area contributed by atoms with Gasteiger partial charge in [-0.25, -0.2) is 4.79 Å². The molecule has 15 heavy (non-hydrogen) atoms. The molecule has 0 saturated heterocycles. The summed E-state index contributed by atoms with van der Waals surface area (Å²) in [5, 5.41) is 11.3. The number of carbonyl (C=O) groups is 2. The van der Waals surface area contributed by atoms with Gasteiger partial charge in [-0.2, -0.15) is 0 Å². The molecule has 1 fully saturated rings. The number of rotatable bonds is 4. The Hall–Kier alpha value is -1.10. The summed E-state index contributed by atoms with van der Waals surface area (Å²) in [6.07, 6.45) is 3.54. The normalized spacial score (nSPS) is 20.9. The molecule has 1 atom stereocenters. The average molecular weight is 214 g/mol. The second-order valence-electron chi connectivity index (χ2n) is 4.14. The molecule has 0 heterocycles. The number of nitrogens with one attached hydrogen (secondary N) is 1. The molecule has 0 spiro atoms. The molecule has 0 radical (unpaired) electrons. The fourth-order valence-electron chi connectivity index (χ4n) is 1.87. The standard InChI is InChI=1S/C10H18N2O3/c1-2-7(8(13)14)12-9(15)10(11)5-3-4-6-10/h7H,2-6,11H2,1H3,(H,12,15)(H,13,14)/t7-/m1/s1. The Morgan fingerprint density at radius 1 is 1.47 bits per heavy atom. The van der Waals surface area contributed by atoms with E-state index in [-0.39, 0.29) is 5.91 Å². The van der Waals surface area contributed by atoms with Gasteiger partial charge in [0.05, 0.1) is 5.54 Å². The molecule has 1 aliphatic carbocycles. The Morgan fingerprint density at radius 2 is 2.00 bits per heavy atom. The molecule has 1 amide bonds. The lowest BCUT2D eigenvalue weighted by Crippen LogP contribution is -2.55. The van der Waals surface area contributed by atoms with Gasteiger partial charge in [-0.3, -0.25) is 4.79 Å². The summed E-state index contributed by atoms with van der Waals surface area (Å²) in [6.45, 7) is 1.72. The molecule has 1 aliphatic rings. The van der Waals surface area contributed by atoms with Crippen LogP contribution in [0.3, 0.4) is 0 Å². The Bertz CT molecular complexity index is 259. The predicted molar refractivity (Wildman–Crippen MR) is 55.2 cm³/mol. The number of hydrogen-bond acceptors (Lipinski definition) is 3. The lowest BCUT2D eigenvalue weighted by molar-refractivity contribution is -0.142. The van der Waals surface area contributed by atoms with E-state index in [1.165, 1.54) is 0 Å². The highest BCUT2D eigenvalue weighted by Gasteiger charge is 2.38. The second-order valence-corrected chi connectivity index (χ2v) is 4.14. The minimum absolute atomic E-state index is 0.325. The first-order valence-electron chi connectivity index (χ1n) is 5.32. The number of nitrogens with two attached hydrogens (primary N) is 1. The topological polar surface area (TPSA) is 92.4 Å². The van der Waals surface area contributed by atoms with Crippen molar-refractivity contribution in [2.45, 2.75) is 50.6 Å². The van der Waals surface area contributed by atoms with Crippen molar-refractivity contribution in [1.82, 2.24) is 5.32 Å². The molecular weight excluding hydrogens is 196 g/mol. The summed E-state index contributed by atoms with van der Waals surface area (Å²) < 4.78 is 0. The molecule has 0 unspecified atom stereocenters. The van der Waals surface area contributed by atoms with Gasteiger partial charge < -0.3 is 16.2 Å². The minimum Gasteiger partial charge on any atom is -0.480 e. The van der Waals surface area contributed by atoms with Crippen LogP contribution >= 0.6 is 0 Å². The van der Waals surface area contributed by atoms with Crippen LogP contribution in [-0.2, 0) is 9.59 Å². The summed E-state index contributed by atoms with van der Waals surface area (Å²) in [5.41, 5.74) is 5.06. The van der Waals surface area contributed by atoms with E-state index < -0.39 is 17.6 Å². The Labute approximate surface area is 89.0 Å². The van der Waals surface area contributed by atoms with Gasteiger partial charge in [0.25, 0.3) is 0 Å². The summed E-state index contributed by atoms with van der Waals surface area (Å²) in [4.78, 5) is 22.5. The fraction of sp³-hybridized carbons (Fsp3) is 0.800. The van der Waals surface area contributed by atoms with Gasteiger partial charge in [-0.15, -0.1) is 0 Å². The third kappa shape index (κ3) is 2.68. The molecule has 0 aliphatic heterocycles. The summed E-state index contributed by atoms with van der Waals surface area (Å²) >= 11 is 0. The monoisotopic (exact) mass is 214 g/mol. The number of amides is 1. The first-order chi connectivity index (χ1) is 6.99. The zero-order valence-corrected chi connectivity index (χ0v) is 8.95. The Balaban J connectivity index is 2.57. The van der Waals surface area contributed by atoms with Gasteiger partial charge in [-0.05, 0) is 19.3 Å². The van der Waals surface area contributed by atoms with Crippen LogP contribution in [0.25, 0.3) is 0 Å². The van der Waals surface area contributed by atoms with Crippen LogP contribution < -0.4 is 11.1 Å². The zero-order chi connectivity index (χ0) is 11.5. The average Bonchev–Trinajstić information content (AvgIpc) is 2.61. The van der Waals surface area contributed by atoms with E-state index in [1.807, 2.05) is 0 Å². The van der Waals surface area contributed by atoms with Gasteiger partial charge in [0.15, 0.2) is 0 Å². The van der Waals surface area contributed by atoms with Crippen LogP contribution in [0.4, 0.5) is 0 Å². The maximum Gasteiger partial charge on any atom is 0.326 e. The van der Waals surface area contributed by atoms with Crippen LogP contribution in [0.1, 0.15) is 39.0 Å². The lowest BCUT2D eigenvalue weighted by atomic mass is 9.97. The van der Waals surface area contributed by atoms with Crippen LogP contribution in [0.2, 0.25) is 0 Å². The summed E-state index contributed by atoms with van der Waals surface area (Å²) in [5.74, 6) is -1.33. The third-order valence-corrected chi connectivity index (χ3v) is 2.96. The lowest BCUT2D eigenvalue weighted by Gasteiger charge is -2.24. The van der Waals surface area contributed by atoms with Crippen molar-refractivity contribution in [3.63, 3.8) is 0 Å². The summed E-state index contributed by atoms with van der Waals surface area (Å²) in [7, 11) is 0. The largest absolute Gasteiger partial charge is 0.480 e. The second kappa shape index (κ2) is 4.61. The van der Waals surface area contributed by atoms with E-state index in [4.69, 9.17) is 10.8 Å². The van der Waals surface area contributed by atoms with Crippen molar-refractivity contribution in [2.24, 2.45) is 5.73 Å². The zero-order valence-electron chi connectivity index (χ0n) is 8.95. The molecule has 1 rings (SSSR count). The fourth-order valence-corrected chi connectivity index (χ4v) is 1.87. The van der Waals surface area contributed by atoms with Gasteiger partial charge in [0, 0.05) is 0 Å². The number of aliphatic carboxylic acids is 1. The van der Waals surface area contributed by atoms with Crippen molar-refractivity contribution < 1.29 is 14.7 Å². The van der Waals surface area contributed by atoms with Gasteiger partial charge in [0.1, 0.15) is 6.04 Å². The van der Waals surface area contributed by atoms with E-state index in [2.05, 4.69) is 5.32 Å².